The minimum atomic E-state index is 0. The Bertz CT molecular complexity index is 491. The van der Waals surface area contributed by atoms with E-state index in [9.17, 15) is 0 Å². The minimum absolute atomic E-state index is 0. The molecule has 104 valence electrons. The van der Waals surface area contributed by atoms with Crippen molar-refractivity contribution in [3.63, 3.8) is 0 Å². The fourth-order valence-electron chi connectivity index (χ4n) is 1.66. The van der Waals surface area contributed by atoms with E-state index in [2.05, 4.69) is 10.3 Å². The molecule has 0 unspecified atom stereocenters. The second-order valence-electron chi connectivity index (χ2n) is 3.70. The Labute approximate surface area is 127 Å². The Morgan fingerprint density at radius 1 is 1.21 bits per heavy atom. The van der Waals surface area contributed by atoms with Crippen LogP contribution in [0.4, 0.5) is 5.13 Å². The van der Waals surface area contributed by atoms with Crippen molar-refractivity contribution >= 4 is 33.4 Å². The van der Waals surface area contributed by atoms with Gasteiger partial charge in [-0.15, -0.1) is 28.3 Å². The summed E-state index contributed by atoms with van der Waals surface area (Å²) in [6.45, 7) is 0.850. The van der Waals surface area contributed by atoms with Crippen molar-refractivity contribution in [2.45, 2.75) is 6.42 Å². The normalized spacial score (nSPS) is 9.58. The number of rotatable bonds is 6. The predicted molar refractivity (Wildman–Crippen MR) is 84.2 cm³/mol. The Balaban J connectivity index is 0.00000180. The highest BCUT2D eigenvalue weighted by molar-refractivity contribution is 8.93. The molecule has 0 aliphatic heterocycles. The molecule has 4 nitrogen and oxygen atoms in total. The van der Waals surface area contributed by atoms with Crippen molar-refractivity contribution in [2.75, 3.05) is 26.1 Å². The second kappa shape index (κ2) is 8.01. The molecular formula is C13H17BrN2O2S. The molecule has 1 N–H and O–H groups in total. The molecule has 0 saturated carbocycles. The maximum Gasteiger partial charge on any atom is 0.182 e. The number of benzene rings is 1. The zero-order chi connectivity index (χ0) is 12.8. The third-order valence-corrected chi connectivity index (χ3v) is 3.30. The number of nitrogens with one attached hydrogen (secondary N) is 1. The van der Waals surface area contributed by atoms with Gasteiger partial charge in [0.15, 0.2) is 16.6 Å². The van der Waals surface area contributed by atoms with Crippen LogP contribution in [0.5, 0.6) is 11.5 Å². The summed E-state index contributed by atoms with van der Waals surface area (Å²) in [5, 5.41) is 6.19. The summed E-state index contributed by atoms with van der Waals surface area (Å²) >= 11 is 1.60. The lowest BCUT2D eigenvalue weighted by Gasteiger charge is -2.09. The number of hydrogen-bond acceptors (Lipinski definition) is 5. The van der Waals surface area contributed by atoms with Gasteiger partial charge in [-0.25, -0.2) is 4.98 Å². The fraction of sp³-hybridized carbons (Fsp3) is 0.308. The molecule has 1 heterocycles. The highest BCUT2D eigenvalue weighted by Crippen LogP contribution is 2.27. The van der Waals surface area contributed by atoms with Crippen LogP contribution in [0.2, 0.25) is 0 Å². The van der Waals surface area contributed by atoms with E-state index in [1.165, 1.54) is 5.56 Å². The second-order valence-corrected chi connectivity index (χ2v) is 4.60. The molecule has 19 heavy (non-hydrogen) atoms. The van der Waals surface area contributed by atoms with Gasteiger partial charge in [0.25, 0.3) is 0 Å². The lowest BCUT2D eigenvalue weighted by atomic mass is 10.1. The molecule has 6 heteroatoms. The van der Waals surface area contributed by atoms with E-state index in [1.807, 2.05) is 23.6 Å². The molecule has 2 aromatic rings. The van der Waals surface area contributed by atoms with E-state index < -0.39 is 0 Å². The summed E-state index contributed by atoms with van der Waals surface area (Å²) in [7, 11) is 3.29. The van der Waals surface area contributed by atoms with Crippen LogP contribution in [0.1, 0.15) is 5.56 Å². The highest BCUT2D eigenvalue weighted by atomic mass is 79.9. The third-order valence-electron chi connectivity index (χ3n) is 2.57. The van der Waals surface area contributed by atoms with Gasteiger partial charge in [-0.3, -0.25) is 0 Å². The average molecular weight is 345 g/mol. The summed E-state index contributed by atoms with van der Waals surface area (Å²) in [5.74, 6) is 1.53. The zero-order valence-corrected chi connectivity index (χ0v) is 13.4. The zero-order valence-electron chi connectivity index (χ0n) is 10.9. The molecular weight excluding hydrogens is 328 g/mol. The molecule has 0 spiro atoms. The third kappa shape index (κ3) is 4.40. The number of nitrogens with zero attached hydrogens (tertiary/aromatic N) is 1. The molecule has 0 bridgehead atoms. The first-order valence-corrected chi connectivity index (χ1v) is 6.55. The van der Waals surface area contributed by atoms with Crippen molar-refractivity contribution in [1.82, 2.24) is 4.98 Å². The molecule has 0 radical (unpaired) electrons. The van der Waals surface area contributed by atoms with E-state index in [0.29, 0.717) is 0 Å². The van der Waals surface area contributed by atoms with Gasteiger partial charge in [0.2, 0.25) is 0 Å². The van der Waals surface area contributed by atoms with E-state index in [-0.39, 0.29) is 17.0 Å². The molecule has 1 aromatic heterocycles. The molecule has 1 aromatic carbocycles. The summed E-state index contributed by atoms with van der Waals surface area (Å²) in [6, 6.07) is 5.98. The van der Waals surface area contributed by atoms with Crippen molar-refractivity contribution in [1.29, 1.82) is 0 Å². The number of methoxy groups -OCH3 is 2. The molecule has 0 aliphatic carbocycles. The van der Waals surface area contributed by atoms with Crippen LogP contribution in [0.15, 0.2) is 29.8 Å². The Morgan fingerprint density at radius 3 is 2.63 bits per heavy atom. The van der Waals surface area contributed by atoms with Gasteiger partial charge in [-0.05, 0) is 24.1 Å². The summed E-state index contributed by atoms with van der Waals surface area (Å²) in [4.78, 5) is 4.17. The maximum absolute atomic E-state index is 5.27. The number of aromatic nitrogens is 1. The Hall–Kier alpha value is -1.27. The first-order valence-electron chi connectivity index (χ1n) is 5.67. The van der Waals surface area contributed by atoms with Crippen LogP contribution >= 0.6 is 28.3 Å². The number of hydrogen-bond donors (Lipinski definition) is 1. The largest absolute Gasteiger partial charge is 0.493 e. The number of thiazole rings is 1. The number of ether oxygens (including phenoxy) is 2. The topological polar surface area (TPSA) is 43.4 Å². The van der Waals surface area contributed by atoms with Gasteiger partial charge in [0.05, 0.1) is 14.2 Å². The van der Waals surface area contributed by atoms with Crippen LogP contribution in [-0.4, -0.2) is 25.7 Å². The monoisotopic (exact) mass is 344 g/mol. The van der Waals surface area contributed by atoms with Crippen LogP contribution in [0.3, 0.4) is 0 Å². The molecule has 0 aliphatic rings. The molecule has 2 rings (SSSR count). The summed E-state index contributed by atoms with van der Waals surface area (Å²) in [6.07, 6.45) is 2.71. The van der Waals surface area contributed by atoms with Crippen molar-refractivity contribution in [2.24, 2.45) is 0 Å². The molecule has 0 atom stereocenters. The van der Waals surface area contributed by atoms with Gasteiger partial charge in [-0.1, -0.05) is 6.07 Å². The van der Waals surface area contributed by atoms with Gasteiger partial charge in [0.1, 0.15) is 0 Å². The lowest BCUT2D eigenvalue weighted by Crippen LogP contribution is -2.04. The van der Waals surface area contributed by atoms with Crippen molar-refractivity contribution in [3.8, 4) is 11.5 Å². The van der Waals surface area contributed by atoms with Crippen molar-refractivity contribution in [3.05, 3.63) is 35.3 Å². The van der Waals surface area contributed by atoms with Gasteiger partial charge < -0.3 is 14.8 Å². The van der Waals surface area contributed by atoms with Crippen LogP contribution in [-0.2, 0) is 6.42 Å². The molecule has 0 saturated heterocycles. The smallest absolute Gasteiger partial charge is 0.182 e. The predicted octanol–water partition coefficient (Wildman–Crippen LogP) is 3.39. The fourth-order valence-corrected chi connectivity index (χ4v) is 2.22. The number of halogens is 1. The molecule has 0 fully saturated rings. The summed E-state index contributed by atoms with van der Waals surface area (Å²) < 4.78 is 10.5. The summed E-state index contributed by atoms with van der Waals surface area (Å²) in [5.41, 5.74) is 1.21. The Kier molecular flexibility index (Phi) is 6.66. The average Bonchev–Trinajstić information content (AvgIpc) is 2.91. The van der Waals surface area contributed by atoms with Crippen molar-refractivity contribution < 1.29 is 9.47 Å². The van der Waals surface area contributed by atoms with Gasteiger partial charge in [0, 0.05) is 18.1 Å². The van der Waals surface area contributed by atoms with Gasteiger partial charge in [-0.2, -0.15) is 0 Å². The van der Waals surface area contributed by atoms with E-state index >= 15 is 0 Å². The van der Waals surface area contributed by atoms with E-state index in [0.717, 1.165) is 29.6 Å². The minimum Gasteiger partial charge on any atom is -0.493 e. The first-order chi connectivity index (χ1) is 8.83. The lowest BCUT2D eigenvalue weighted by molar-refractivity contribution is 0.354. The maximum atomic E-state index is 5.27. The van der Waals surface area contributed by atoms with E-state index in [1.54, 1.807) is 31.8 Å². The van der Waals surface area contributed by atoms with Crippen LogP contribution in [0, 0.1) is 0 Å². The quantitative estimate of drug-likeness (QED) is 0.872. The highest BCUT2D eigenvalue weighted by Gasteiger charge is 2.04. The van der Waals surface area contributed by atoms with Gasteiger partial charge >= 0.3 is 0 Å². The van der Waals surface area contributed by atoms with E-state index in [4.69, 9.17) is 9.47 Å². The van der Waals surface area contributed by atoms with Crippen LogP contribution in [0.25, 0.3) is 0 Å². The molecule has 0 amide bonds. The number of anilines is 1. The standard InChI is InChI=1S/C13H16N2O2S.BrH/c1-16-11-4-3-10(9-12(11)17-2)5-6-14-13-15-7-8-18-13;/h3-4,7-9H,5-6H2,1-2H3,(H,14,15);1H. The Morgan fingerprint density at radius 2 is 2.00 bits per heavy atom. The SMILES string of the molecule is Br.COc1ccc(CCNc2nccs2)cc1OC. The van der Waals surface area contributed by atoms with Crippen LogP contribution < -0.4 is 14.8 Å². The first kappa shape index (κ1) is 15.8.